The van der Waals surface area contributed by atoms with Crippen molar-refractivity contribution in [2.75, 3.05) is 13.1 Å². The molecule has 3 rings (SSSR count). The van der Waals surface area contributed by atoms with Crippen LogP contribution in [0, 0.1) is 5.92 Å². The van der Waals surface area contributed by atoms with E-state index >= 15 is 0 Å². The first-order valence-electron chi connectivity index (χ1n) is 7.11. The number of hydrogen-bond donors (Lipinski definition) is 2. The van der Waals surface area contributed by atoms with Crippen molar-refractivity contribution in [3.63, 3.8) is 0 Å². The van der Waals surface area contributed by atoms with Gasteiger partial charge in [0.05, 0.1) is 10.0 Å². The molecule has 1 saturated heterocycles. The number of halogens is 2. The third-order valence-electron chi connectivity index (χ3n) is 4.18. The number of nitrogens with one attached hydrogen (secondary N) is 2. The highest BCUT2D eigenvalue weighted by molar-refractivity contribution is 6.42. The van der Waals surface area contributed by atoms with Crippen LogP contribution in [0.25, 0.3) is 0 Å². The smallest absolute Gasteiger partial charge is 0.223 e. The Morgan fingerprint density at radius 3 is 2.90 bits per heavy atom. The van der Waals surface area contributed by atoms with E-state index in [1.165, 1.54) is 6.42 Å². The standard InChI is InChI=1S/C15H18Cl2N2O/c16-13-4-3-9(6-14(13)17)11-7-12(11)15(20)19-8-10-2-1-5-18-10/h3-4,6,10-12,18H,1-2,5,7-8H2,(H,19,20). The van der Waals surface area contributed by atoms with Crippen molar-refractivity contribution in [1.29, 1.82) is 0 Å². The minimum absolute atomic E-state index is 0.0913. The molecule has 1 aliphatic heterocycles. The summed E-state index contributed by atoms with van der Waals surface area (Å²) in [4.78, 5) is 12.1. The molecule has 1 saturated carbocycles. The van der Waals surface area contributed by atoms with Crippen molar-refractivity contribution in [3.8, 4) is 0 Å². The van der Waals surface area contributed by atoms with E-state index in [1.807, 2.05) is 12.1 Å². The van der Waals surface area contributed by atoms with Crippen LogP contribution in [0.3, 0.4) is 0 Å². The first kappa shape index (κ1) is 14.2. The van der Waals surface area contributed by atoms with Crippen LogP contribution in [0.4, 0.5) is 0 Å². The quantitative estimate of drug-likeness (QED) is 0.897. The second-order valence-electron chi connectivity index (χ2n) is 5.66. The van der Waals surface area contributed by atoms with Gasteiger partial charge in [0.15, 0.2) is 0 Å². The zero-order valence-corrected chi connectivity index (χ0v) is 12.7. The topological polar surface area (TPSA) is 41.1 Å². The molecule has 1 aliphatic carbocycles. The summed E-state index contributed by atoms with van der Waals surface area (Å²) in [6, 6.07) is 6.08. The Hall–Kier alpha value is -0.770. The zero-order valence-electron chi connectivity index (χ0n) is 11.2. The van der Waals surface area contributed by atoms with E-state index in [0.29, 0.717) is 22.0 Å². The van der Waals surface area contributed by atoms with Crippen molar-refractivity contribution in [3.05, 3.63) is 33.8 Å². The Morgan fingerprint density at radius 2 is 2.20 bits per heavy atom. The summed E-state index contributed by atoms with van der Waals surface area (Å²) in [5.41, 5.74) is 1.11. The molecule has 3 unspecified atom stereocenters. The van der Waals surface area contributed by atoms with Gasteiger partial charge in [-0.15, -0.1) is 0 Å². The van der Waals surface area contributed by atoms with Crippen LogP contribution < -0.4 is 10.6 Å². The fourth-order valence-electron chi connectivity index (χ4n) is 2.88. The van der Waals surface area contributed by atoms with Crippen molar-refractivity contribution >= 4 is 29.1 Å². The number of rotatable bonds is 4. The largest absolute Gasteiger partial charge is 0.354 e. The van der Waals surface area contributed by atoms with E-state index in [4.69, 9.17) is 23.2 Å². The van der Waals surface area contributed by atoms with Crippen molar-refractivity contribution < 1.29 is 4.79 Å². The molecule has 0 bridgehead atoms. The van der Waals surface area contributed by atoms with E-state index in [9.17, 15) is 4.79 Å². The average Bonchev–Trinajstić information content (AvgIpc) is 3.07. The molecule has 1 heterocycles. The van der Waals surface area contributed by atoms with Crippen LogP contribution >= 0.6 is 23.2 Å². The molecule has 3 atom stereocenters. The lowest BCUT2D eigenvalue weighted by Gasteiger charge is -2.11. The van der Waals surface area contributed by atoms with Crippen molar-refractivity contribution in [2.24, 2.45) is 5.92 Å². The minimum atomic E-state index is 0.0913. The summed E-state index contributed by atoms with van der Waals surface area (Å²) in [7, 11) is 0. The van der Waals surface area contributed by atoms with Gasteiger partial charge in [0, 0.05) is 18.5 Å². The molecule has 3 nitrogen and oxygen atoms in total. The van der Waals surface area contributed by atoms with Gasteiger partial charge >= 0.3 is 0 Å². The van der Waals surface area contributed by atoms with Gasteiger partial charge in [-0.25, -0.2) is 0 Å². The maximum absolute atomic E-state index is 12.1. The summed E-state index contributed by atoms with van der Waals surface area (Å²) < 4.78 is 0. The molecule has 1 amide bonds. The van der Waals surface area contributed by atoms with Gasteiger partial charge in [0.2, 0.25) is 5.91 Å². The van der Waals surface area contributed by atoms with Gasteiger partial charge < -0.3 is 10.6 Å². The third kappa shape index (κ3) is 3.11. The van der Waals surface area contributed by atoms with Gasteiger partial charge in [-0.05, 0) is 49.4 Å². The maximum Gasteiger partial charge on any atom is 0.223 e. The highest BCUT2D eigenvalue weighted by Crippen LogP contribution is 2.48. The second kappa shape index (κ2) is 5.92. The van der Waals surface area contributed by atoms with Crippen LogP contribution in [-0.2, 0) is 4.79 Å². The van der Waals surface area contributed by atoms with Gasteiger partial charge in [-0.1, -0.05) is 29.3 Å². The Labute approximate surface area is 129 Å². The summed E-state index contributed by atoms with van der Waals surface area (Å²) in [6.07, 6.45) is 3.26. The first-order chi connectivity index (χ1) is 9.65. The van der Waals surface area contributed by atoms with Crippen LogP contribution in [-0.4, -0.2) is 25.0 Å². The first-order valence-corrected chi connectivity index (χ1v) is 7.87. The minimum Gasteiger partial charge on any atom is -0.354 e. The number of carbonyl (C=O) groups excluding carboxylic acids is 1. The fourth-order valence-corrected chi connectivity index (χ4v) is 3.19. The SMILES string of the molecule is O=C(NCC1CCCN1)C1CC1c1ccc(Cl)c(Cl)c1. The van der Waals surface area contributed by atoms with E-state index < -0.39 is 0 Å². The summed E-state index contributed by atoms with van der Waals surface area (Å²) in [5.74, 6) is 0.546. The third-order valence-corrected chi connectivity index (χ3v) is 4.92. The van der Waals surface area contributed by atoms with Crippen molar-refractivity contribution in [2.45, 2.75) is 31.2 Å². The number of hydrogen-bond acceptors (Lipinski definition) is 2. The maximum atomic E-state index is 12.1. The second-order valence-corrected chi connectivity index (χ2v) is 6.48. The highest BCUT2D eigenvalue weighted by atomic mass is 35.5. The summed E-state index contributed by atoms with van der Waals surface area (Å²) in [6.45, 7) is 1.80. The molecule has 2 aliphatic rings. The zero-order chi connectivity index (χ0) is 14.1. The Kier molecular flexibility index (Phi) is 4.20. The van der Waals surface area contributed by atoms with Gasteiger partial charge in [0.1, 0.15) is 0 Å². The summed E-state index contributed by atoms with van der Waals surface area (Å²) >= 11 is 11.9. The number of amides is 1. The molecule has 0 spiro atoms. The van der Waals surface area contributed by atoms with Gasteiger partial charge in [-0.2, -0.15) is 0 Å². The van der Waals surface area contributed by atoms with Crippen LogP contribution in [0.5, 0.6) is 0 Å². The monoisotopic (exact) mass is 312 g/mol. The predicted octanol–water partition coefficient (Wildman–Crippen LogP) is 2.97. The molecule has 2 N–H and O–H groups in total. The molecule has 0 aromatic heterocycles. The predicted molar refractivity (Wildman–Crippen MR) is 81.3 cm³/mol. The van der Waals surface area contributed by atoms with Crippen LogP contribution in [0.2, 0.25) is 10.0 Å². The van der Waals surface area contributed by atoms with Crippen molar-refractivity contribution in [1.82, 2.24) is 10.6 Å². The average molecular weight is 313 g/mol. The van der Waals surface area contributed by atoms with Crippen LogP contribution in [0.15, 0.2) is 18.2 Å². The van der Waals surface area contributed by atoms with Gasteiger partial charge in [-0.3, -0.25) is 4.79 Å². The summed E-state index contributed by atoms with van der Waals surface area (Å²) in [5, 5.41) is 7.55. The lowest BCUT2D eigenvalue weighted by atomic mass is 10.1. The molecule has 1 aromatic carbocycles. The number of benzene rings is 1. The Bertz CT molecular complexity index is 515. The highest BCUT2D eigenvalue weighted by Gasteiger charge is 2.44. The normalized spacial score (nSPS) is 28.4. The molecule has 20 heavy (non-hydrogen) atoms. The molecule has 0 radical (unpaired) electrons. The Morgan fingerprint density at radius 1 is 1.35 bits per heavy atom. The Balaban J connectivity index is 1.52. The van der Waals surface area contributed by atoms with Gasteiger partial charge in [0.25, 0.3) is 0 Å². The lowest BCUT2D eigenvalue weighted by Crippen LogP contribution is -2.37. The lowest BCUT2D eigenvalue weighted by molar-refractivity contribution is -0.122. The molecular weight excluding hydrogens is 295 g/mol. The molecule has 1 aromatic rings. The molecular formula is C15H18Cl2N2O. The van der Waals surface area contributed by atoms with E-state index in [0.717, 1.165) is 31.5 Å². The number of carbonyl (C=O) groups is 1. The molecule has 2 fully saturated rings. The molecule has 5 heteroatoms. The van der Waals surface area contributed by atoms with E-state index in [1.54, 1.807) is 6.07 Å². The van der Waals surface area contributed by atoms with Crippen LogP contribution in [0.1, 0.15) is 30.7 Å². The van der Waals surface area contributed by atoms with E-state index in [-0.39, 0.29) is 11.8 Å². The van der Waals surface area contributed by atoms with E-state index in [2.05, 4.69) is 10.6 Å². The molecule has 108 valence electrons. The fraction of sp³-hybridized carbons (Fsp3) is 0.533.